The largest absolute Gasteiger partial charge is 0.398 e. The van der Waals surface area contributed by atoms with Crippen molar-refractivity contribution in [3.05, 3.63) is 52.8 Å². The molecule has 18 heavy (non-hydrogen) atoms. The zero-order chi connectivity index (χ0) is 13.1. The fraction of sp³-hybridized carbons (Fsp3) is 0.0769. The van der Waals surface area contributed by atoms with E-state index in [4.69, 9.17) is 17.3 Å². The van der Waals surface area contributed by atoms with Crippen LogP contribution in [-0.4, -0.2) is 10.9 Å². The van der Waals surface area contributed by atoms with E-state index in [0.29, 0.717) is 22.0 Å². The van der Waals surface area contributed by atoms with Gasteiger partial charge in [-0.2, -0.15) is 0 Å². The third-order valence-electron chi connectivity index (χ3n) is 2.41. The van der Waals surface area contributed by atoms with Gasteiger partial charge in [-0.25, -0.2) is 0 Å². The molecule has 3 N–H and O–H groups in total. The second-order valence-corrected chi connectivity index (χ2v) is 4.31. The van der Waals surface area contributed by atoms with E-state index >= 15 is 0 Å². The van der Waals surface area contributed by atoms with Gasteiger partial charge in [-0.15, -0.1) is 0 Å². The smallest absolute Gasteiger partial charge is 0.257 e. The molecule has 2 rings (SSSR count). The van der Waals surface area contributed by atoms with E-state index in [0.717, 1.165) is 5.69 Å². The number of nitrogens with zero attached hydrogens (tertiary/aromatic N) is 1. The second-order valence-electron chi connectivity index (χ2n) is 3.87. The maximum absolute atomic E-state index is 12.0. The van der Waals surface area contributed by atoms with E-state index in [1.54, 1.807) is 36.5 Å². The van der Waals surface area contributed by atoms with E-state index in [9.17, 15) is 4.79 Å². The predicted molar refractivity (Wildman–Crippen MR) is 72.8 cm³/mol. The Labute approximate surface area is 110 Å². The number of aromatic nitrogens is 1. The highest BCUT2D eigenvalue weighted by atomic mass is 35.5. The Morgan fingerprint density at radius 2 is 2.11 bits per heavy atom. The number of nitrogens with two attached hydrogens (primary N) is 1. The quantitative estimate of drug-likeness (QED) is 0.817. The molecule has 1 aromatic carbocycles. The number of hydrogen-bond acceptors (Lipinski definition) is 3. The zero-order valence-corrected chi connectivity index (χ0v) is 10.5. The minimum Gasteiger partial charge on any atom is -0.398 e. The van der Waals surface area contributed by atoms with Crippen molar-refractivity contribution >= 4 is 28.9 Å². The summed E-state index contributed by atoms with van der Waals surface area (Å²) in [4.78, 5) is 16.1. The van der Waals surface area contributed by atoms with E-state index in [1.807, 2.05) is 6.92 Å². The van der Waals surface area contributed by atoms with E-state index in [1.165, 1.54) is 0 Å². The molecule has 0 saturated heterocycles. The lowest BCUT2D eigenvalue weighted by Crippen LogP contribution is -2.14. The molecule has 0 aliphatic carbocycles. The summed E-state index contributed by atoms with van der Waals surface area (Å²) in [5.41, 5.74) is 7.99. The minimum absolute atomic E-state index is 0.291. The van der Waals surface area contributed by atoms with Gasteiger partial charge in [-0.3, -0.25) is 9.78 Å². The van der Waals surface area contributed by atoms with Crippen LogP contribution in [-0.2, 0) is 0 Å². The van der Waals surface area contributed by atoms with Gasteiger partial charge in [0.2, 0.25) is 0 Å². The number of amides is 1. The zero-order valence-electron chi connectivity index (χ0n) is 9.77. The highest BCUT2D eigenvalue weighted by Gasteiger charge is 2.10. The molecule has 1 amide bonds. The molecule has 92 valence electrons. The Morgan fingerprint density at radius 3 is 2.83 bits per heavy atom. The molecule has 1 heterocycles. The summed E-state index contributed by atoms with van der Waals surface area (Å²) in [6, 6.07) is 8.28. The molecule has 0 saturated carbocycles. The van der Waals surface area contributed by atoms with Crippen LogP contribution in [0.2, 0.25) is 5.02 Å². The Kier molecular flexibility index (Phi) is 3.48. The van der Waals surface area contributed by atoms with Crippen molar-refractivity contribution < 1.29 is 4.79 Å². The van der Waals surface area contributed by atoms with E-state index in [-0.39, 0.29) is 5.91 Å². The van der Waals surface area contributed by atoms with Crippen LogP contribution in [0, 0.1) is 6.92 Å². The molecule has 0 spiro atoms. The van der Waals surface area contributed by atoms with Crippen LogP contribution in [0.5, 0.6) is 0 Å². The van der Waals surface area contributed by atoms with Crippen molar-refractivity contribution in [1.29, 1.82) is 0 Å². The number of hydrogen-bond donors (Lipinski definition) is 2. The Hall–Kier alpha value is -2.07. The van der Waals surface area contributed by atoms with Crippen LogP contribution in [0.4, 0.5) is 11.4 Å². The monoisotopic (exact) mass is 261 g/mol. The summed E-state index contributed by atoms with van der Waals surface area (Å²) in [6.07, 6.45) is 1.63. The molecular formula is C13H12ClN3O. The van der Waals surface area contributed by atoms with Crippen molar-refractivity contribution in [2.24, 2.45) is 0 Å². The first-order valence-corrected chi connectivity index (χ1v) is 5.73. The number of carbonyl (C=O) groups is 1. The molecule has 0 unspecified atom stereocenters. The maximum Gasteiger partial charge on any atom is 0.257 e. The molecule has 0 bridgehead atoms. The lowest BCUT2D eigenvalue weighted by atomic mass is 10.1. The van der Waals surface area contributed by atoms with Crippen LogP contribution in [0.15, 0.2) is 36.5 Å². The molecule has 0 aliphatic heterocycles. The average Bonchev–Trinajstić information content (AvgIpc) is 2.32. The summed E-state index contributed by atoms with van der Waals surface area (Å²) < 4.78 is 0. The molecule has 0 radical (unpaired) electrons. The van der Waals surface area contributed by atoms with Gasteiger partial charge in [0.15, 0.2) is 0 Å². The average molecular weight is 262 g/mol. The molecule has 0 aliphatic rings. The number of nitrogen functional groups attached to an aromatic ring is 1. The van der Waals surface area contributed by atoms with Crippen LogP contribution < -0.4 is 11.1 Å². The number of benzene rings is 1. The second kappa shape index (κ2) is 5.06. The number of rotatable bonds is 2. The number of halogens is 1. The lowest BCUT2D eigenvalue weighted by Gasteiger charge is -2.08. The molecule has 5 heteroatoms. The third kappa shape index (κ3) is 2.78. The fourth-order valence-electron chi connectivity index (χ4n) is 1.55. The summed E-state index contributed by atoms with van der Waals surface area (Å²) >= 11 is 5.84. The number of anilines is 2. The van der Waals surface area contributed by atoms with Crippen molar-refractivity contribution in [2.75, 3.05) is 11.1 Å². The van der Waals surface area contributed by atoms with E-state index in [2.05, 4.69) is 10.3 Å². The van der Waals surface area contributed by atoms with Gasteiger partial charge in [-0.05, 0) is 37.3 Å². The number of aryl methyl sites for hydroxylation is 1. The highest BCUT2D eigenvalue weighted by Crippen LogP contribution is 2.19. The molecule has 0 fully saturated rings. The van der Waals surface area contributed by atoms with Crippen LogP contribution in [0.1, 0.15) is 16.1 Å². The summed E-state index contributed by atoms with van der Waals surface area (Å²) in [5, 5.41) is 3.22. The minimum atomic E-state index is -0.291. The van der Waals surface area contributed by atoms with Gasteiger partial charge in [0.25, 0.3) is 5.91 Å². The topological polar surface area (TPSA) is 68.0 Å². The van der Waals surface area contributed by atoms with Gasteiger partial charge in [0, 0.05) is 28.3 Å². The normalized spacial score (nSPS) is 10.1. The van der Waals surface area contributed by atoms with E-state index < -0.39 is 0 Å². The van der Waals surface area contributed by atoms with Crippen molar-refractivity contribution in [2.45, 2.75) is 6.92 Å². The first-order valence-electron chi connectivity index (χ1n) is 5.35. The van der Waals surface area contributed by atoms with Crippen LogP contribution in [0.3, 0.4) is 0 Å². The Balaban J connectivity index is 2.24. The van der Waals surface area contributed by atoms with Crippen LogP contribution >= 0.6 is 11.6 Å². The summed E-state index contributed by atoms with van der Waals surface area (Å²) in [7, 11) is 0. The number of nitrogens with one attached hydrogen (secondary N) is 1. The van der Waals surface area contributed by atoms with Crippen molar-refractivity contribution in [3.8, 4) is 0 Å². The van der Waals surface area contributed by atoms with Gasteiger partial charge in [0.1, 0.15) is 0 Å². The van der Waals surface area contributed by atoms with Gasteiger partial charge < -0.3 is 11.1 Å². The molecule has 1 aromatic heterocycles. The van der Waals surface area contributed by atoms with Gasteiger partial charge in [-0.1, -0.05) is 11.6 Å². The lowest BCUT2D eigenvalue weighted by molar-refractivity contribution is 0.102. The molecule has 2 aromatic rings. The molecule has 0 atom stereocenters. The van der Waals surface area contributed by atoms with Gasteiger partial charge >= 0.3 is 0 Å². The number of carbonyl (C=O) groups excluding carboxylic acids is 1. The van der Waals surface area contributed by atoms with Crippen molar-refractivity contribution in [1.82, 2.24) is 4.98 Å². The van der Waals surface area contributed by atoms with Gasteiger partial charge in [0.05, 0.1) is 5.56 Å². The summed E-state index contributed by atoms with van der Waals surface area (Å²) in [6.45, 7) is 1.85. The SMILES string of the molecule is Cc1cc(NC(=O)c2cc(Cl)ccc2N)ccn1. The van der Waals surface area contributed by atoms with Crippen LogP contribution in [0.25, 0.3) is 0 Å². The standard InChI is InChI=1S/C13H12ClN3O/c1-8-6-10(4-5-16-8)17-13(18)11-7-9(14)2-3-12(11)15/h2-7H,15H2,1H3,(H,16,17,18). The summed E-state index contributed by atoms with van der Waals surface area (Å²) in [5.74, 6) is -0.291. The Morgan fingerprint density at radius 1 is 1.33 bits per heavy atom. The molecular weight excluding hydrogens is 250 g/mol. The van der Waals surface area contributed by atoms with Crippen molar-refractivity contribution in [3.63, 3.8) is 0 Å². The molecule has 4 nitrogen and oxygen atoms in total. The third-order valence-corrected chi connectivity index (χ3v) is 2.65. The first-order chi connectivity index (χ1) is 8.56. The highest BCUT2D eigenvalue weighted by molar-refractivity contribution is 6.31. The predicted octanol–water partition coefficient (Wildman–Crippen LogP) is 2.88. The Bertz CT molecular complexity index is 599. The fourth-order valence-corrected chi connectivity index (χ4v) is 1.72. The maximum atomic E-state index is 12.0. The first kappa shape index (κ1) is 12.4. The number of pyridine rings is 1.